The largest absolute Gasteiger partial charge is 0.0616 e. The van der Waals surface area contributed by atoms with Gasteiger partial charge in [-0.15, -0.1) is 0 Å². The molecular weight excluding hydrogens is 625 g/mol. The van der Waals surface area contributed by atoms with Crippen molar-refractivity contribution in [2.24, 2.45) is 0 Å². The normalized spacial score (nSPS) is 11.8. The summed E-state index contributed by atoms with van der Waals surface area (Å²) in [5.74, 6) is 0. The average molecular weight is 659 g/mol. The topological polar surface area (TPSA) is 0 Å². The first-order valence-electron chi connectivity index (χ1n) is 18.0. The van der Waals surface area contributed by atoms with E-state index in [1.54, 1.807) is 0 Å². The van der Waals surface area contributed by atoms with Crippen LogP contribution >= 0.6 is 0 Å². The molecule has 0 radical (unpaired) electrons. The number of benzene rings is 10. The van der Waals surface area contributed by atoms with Gasteiger partial charge in [0.25, 0.3) is 0 Å². The SMILES string of the molecule is C(=Cc1ccc(-c2cccc3ccccc23)c2ccccc12)c1ccc(-c2c3ccccc3c(-c3ccc4ccccc4c3)c3ccccc23)cc1. The number of rotatable bonds is 5. The van der Waals surface area contributed by atoms with Crippen molar-refractivity contribution in [3.63, 3.8) is 0 Å². The van der Waals surface area contributed by atoms with E-state index in [1.807, 2.05) is 0 Å². The lowest BCUT2D eigenvalue weighted by atomic mass is 9.85. The Morgan fingerprint density at radius 1 is 0.269 bits per heavy atom. The van der Waals surface area contributed by atoms with Crippen LogP contribution in [0.25, 0.3) is 99.4 Å². The Hall–Kier alpha value is -6.76. The van der Waals surface area contributed by atoms with Gasteiger partial charge in [0.2, 0.25) is 0 Å². The van der Waals surface area contributed by atoms with Crippen molar-refractivity contribution in [2.45, 2.75) is 0 Å². The number of hydrogen-bond donors (Lipinski definition) is 0. The molecular formula is C52H34. The van der Waals surface area contributed by atoms with Crippen LogP contribution in [0.15, 0.2) is 194 Å². The Kier molecular flexibility index (Phi) is 7.25. The lowest BCUT2D eigenvalue weighted by Gasteiger charge is -2.18. The van der Waals surface area contributed by atoms with Crippen LogP contribution in [0.1, 0.15) is 11.1 Å². The Morgan fingerprint density at radius 3 is 1.46 bits per heavy atom. The predicted octanol–water partition coefficient (Wildman–Crippen LogP) is 14.6. The number of hydrogen-bond acceptors (Lipinski definition) is 0. The molecule has 0 saturated heterocycles. The van der Waals surface area contributed by atoms with E-state index in [1.165, 1.54) is 98.4 Å². The summed E-state index contributed by atoms with van der Waals surface area (Å²) < 4.78 is 0. The second kappa shape index (κ2) is 12.5. The summed E-state index contributed by atoms with van der Waals surface area (Å²) in [5.41, 5.74) is 9.96. The zero-order valence-electron chi connectivity index (χ0n) is 28.6. The van der Waals surface area contributed by atoms with Gasteiger partial charge in [0.1, 0.15) is 0 Å². The van der Waals surface area contributed by atoms with Crippen LogP contribution in [0.4, 0.5) is 0 Å². The quantitative estimate of drug-likeness (QED) is 0.128. The summed E-state index contributed by atoms with van der Waals surface area (Å²) in [6.07, 6.45) is 4.50. The zero-order chi connectivity index (χ0) is 34.4. The van der Waals surface area contributed by atoms with Crippen molar-refractivity contribution in [1.82, 2.24) is 0 Å². The van der Waals surface area contributed by atoms with Crippen molar-refractivity contribution >= 4 is 66.0 Å². The van der Waals surface area contributed by atoms with Gasteiger partial charge in [0.05, 0.1) is 0 Å². The highest BCUT2D eigenvalue weighted by atomic mass is 14.2. The summed E-state index contributed by atoms with van der Waals surface area (Å²) in [4.78, 5) is 0. The van der Waals surface area contributed by atoms with E-state index in [4.69, 9.17) is 0 Å². The van der Waals surface area contributed by atoms with Gasteiger partial charge in [0, 0.05) is 0 Å². The molecule has 0 heterocycles. The van der Waals surface area contributed by atoms with Gasteiger partial charge in [-0.25, -0.2) is 0 Å². The molecule has 0 aliphatic rings. The smallest absolute Gasteiger partial charge is 0.00262 e. The third-order valence-corrected chi connectivity index (χ3v) is 10.7. The molecule has 0 bridgehead atoms. The molecule has 0 atom stereocenters. The monoisotopic (exact) mass is 658 g/mol. The minimum atomic E-state index is 1.17. The zero-order valence-corrected chi connectivity index (χ0v) is 28.6. The van der Waals surface area contributed by atoms with Crippen LogP contribution in [0.5, 0.6) is 0 Å². The first-order valence-corrected chi connectivity index (χ1v) is 18.0. The van der Waals surface area contributed by atoms with E-state index in [9.17, 15) is 0 Å². The van der Waals surface area contributed by atoms with Gasteiger partial charge in [0.15, 0.2) is 0 Å². The van der Waals surface area contributed by atoms with Gasteiger partial charge in [-0.1, -0.05) is 200 Å². The maximum absolute atomic E-state index is 2.34. The molecule has 10 rings (SSSR count). The maximum Gasteiger partial charge on any atom is -0.00262 e. The summed E-state index contributed by atoms with van der Waals surface area (Å²) in [5, 5.41) is 12.7. The van der Waals surface area contributed by atoms with Gasteiger partial charge in [-0.2, -0.15) is 0 Å². The molecule has 242 valence electrons. The minimum absolute atomic E-state index is 1.17. The summed E-state index contributed by atoms with van der Waals surface area (Å²) >= 11 is 0. The molecule has 0 N–H and O–H groups in total. The van der Waals surface area contributed by atoms with Crippen LogP contribution < -0.4 is 0 Å². The summed E-state index contributed by atoms with van der Waals surface area (Å²) in [6, 6.07) is 70.9. The van der Waals surface area contributed by atoms with Crippen LogP contribution in [0.3, 0.4) is 0 Å². The van der Waals surface area contributed by atoms with Crippen molar-refractivity contribution < 1.29 is 0 Å². The van der Waals surface area contributed by atoms with Crippen LogP contribution in [0, 0.1) is 0 Å². The molecule has 0 saturated carbocycles. The van der Waals surface area contributed by atoms with Crippen molar-refractivity contribution in [3.05, 3.63) is 205 Å². The predicted molar refractivity (Wildman–Crippen MR) is 226 cm³/mol. The van der Waals surface area contributed by atoms with Gasteiger partial charge < -0.3 is 0 Å². The standard InChI is InChI=1S/C52H34/c1-2-14-40-34-41(31-30-36(40)12-1)52-49-21-9-7-19-47(49)51(48-20-8-10-22-50(48)52)39-28-25-35(26-29-39)24-27-38-32-33-46(44-18-6-5-17-43(38)44)45-23-11-15-37-13-3-4-16-42(37)45/h1-34H. The maximum atomic E-state index is 2.34. The molecule has 0 amide bonds. The van der Waals surface area contributed by atoms with Crippen LogP contribution in [-0.4, -0.2) is 0 Å². The third kappa shape index (κ3) is 5.08. The molecule has 52 heavy (non-hydrogen) atoms. The molecule has 0 aromatic heterocycles. The van der Waals surface area contributed by atoms with E-state index < -0.39 is 0 Å². The molecule has 0 aliphatic carbocycles. The fraction of sp³-hybridized carbons (Fsp3) is 0. The van der Waals surface area contributed by atoms with Crippen molar-refractivity contribution in [3.8, 4) is 33.4 Å². The lowest BCUT2D eigenvalue weighted by Crippen LogP contribution is -1.91. The first-order chi connectivity index (χ1) is 25.8. The summed E-state index contributed by atoms with van der Waals surface area (Å²) in [6.45, 7) is 0. The Balaban J connectivity index is 1.04. The average Bonchev–Trinajstić information content (AvgIpc) is 3.22. The Morgan fingerprint density at radius 2 is 0.769 bits per heavy atom. The first kappa shape index (κ1) is 30.1. The molecule has 0 fully saturated rings. The molecule has 0 spiro atoms. The molecule has 0 aliphatic heterocycles. The van der Waals surface area contributed by atoms with Gasteiger partial charge in [-0.3, -0.25) is 0 Å². The fourth-order valence-corrected chi connectivity index (χ4v) is 8.21. The van der Waals surface area contributed by atoms with E-state index in [0.29, 0.717) is 0 Å². The summed E-state index contributed by atoms with van der Waals surface area (Å²) in [7, 11) is 0. The Labute approximate surface area is 303 Å². The lowest BCUT2D eigenvalue weighted by molar-refractivity contribution is 1.63. The Bertz CT molecular complexity index is 2930. The molecule has 0 nitrogen and oxygen atoms in total. The third-order valence-electron chi connectivity index (χ3n) is 10.7. The van der Waals surface area contributed by atoms with E-state index in [-0.39, 0.29) is 0 Å². The van der Waals surface area contributed by atoms with Crippen LogP contribution in [-0.2, 0) is 0 Å². The highest BCUT2D eigenvalue weighted by Crippen LogP contribution is 2.44. The van der Waals surface area contributed by atoms with Crippen molar-refractivity contribution in [2.75, 3.05) is 0 Å². The van der Waals surface area contributed by atoms with E-state index in [2.05, 4.69) is 206 Å². The molecule has 10 aromatic carbocycles. The van der Waals surface area contributed by atoms with Crippen LogP contribution in [0.2, 0.25) is 0 Å². The van der Waals surface area contributed by atoms with Crippen molar-refractivity contribution in [1.29, 1.82) is 0 Å². The van der Waals surface area contributed by atoms with E-state index >= 15 is 0 Å². The van der Waals surface area contributed by atoms with E-state index in [0.717, 1.165) is 0 Å². The number of fused-ring (bicyclic) bond motifs is 5. The second-order valence-corrected chi connectivity index (χ2v) is 13.6. The minimum Gasteiger partial charge on any atom is -0.0616 e. The molecule has 10 aromatic rings. The molecule has 0 unspecified atom stereocenters. The van der Waals surface area contributed by atoms with Gasteiger partial charge >= 0.3 is 0 Å². The molecule has 0 heteroatoms. The highest BCUT2D eigenvalue weighted by molar-refractivity contribution is 6.21. The van der Waals surface area contributed by atoms with Gasteiger partial charge in [-0.05, 0) is 104 Å². The highest BCUT2D eigenvalue weighted by Gasteiger charge is 2.17. The second-order valence-electron chi connectivity index (χ2n) is 13.6. The fourth-order valence-electron chi connectivity index (χ4n) is 8.21.